The van der Waals surface area contributed by atoms with Crippen molar-refractivity contribution in [2.45, 2.75) is 203 Å². The van der Waals surface area contributed by atoms with Gasteiger partial charge in [0.05, 0.1) is 25.2 Å². The zero-order chi connectivity index (χ0) is 77.8. The first kappa shape index (κ1) is 91.7. The quantitative estimate of drug-likeness (QED) is 0.0153. The topological polar surface area (TPSA) is 771 Å². The highest BCUT2D eigenvalue weighted by Gasteiger charge is 2.33. The lowest BCUT2D eigenvalue weighted by molar-refractivity contribution is -0.134. The van der Waals surface area contributed by atoms with Gasteiger partial charge in [0, 0.05) is 64.8 Å². The molecule has 1 fully saturated rings. The highest BCUT2D eigenvalue weighted by atomic mass is 16.2. The first-order chi connectivity index (χ1) is 49.4. The molecular weight excluding hydrogens is 1360 g/mol. The van der Waals surface area contributed by atoms with Crippen LogP contribution in [0.3, 0.4) is 0 Å². The number of guanidine groups is 6. The van der Waals surface area contributed by atoms with Crippen molar-refractivity contribution in [1.82, 2.24) is 63.8 Å². The molecule has 1 aliphatic rings. The van der Waals surface area contributed by atoms with Gasteiger partial charge in [-0.15, -0.1) is 0 Å². The number of nitrogens with two attached hydrogens (primary N) is 14. The third kappa shape index (κ3) is 45.5. The van der Waals surface area contributed by atoms with Gasteiger partial charge in [-0.25, -0.2) is 0 Å². The Labute approximate surface area is 606 Å². The van der Waals surface area contributed by atoms with E-state index in [2.05, 4.69) is 93.8 Å². The fraction of sp³-hybridized carbons (Fsp3) is 0.721. The summed E-state index contributed by atoms with van der Waals surface area (Å²) in [5.41, 5.74) is 77.9. The molecule has 0 aliphatic carbocycles. The van der Waals surface area contributed by atoms with Crippen LogP contribution in [0, 0.1) is 0 Å². The number of amides is 11. The summed E-state index contributed by atoms with van der Waals surface area (Å²) in [5.74, 6) is -8.61. The standard InChI is InChI=1S/C61H120N32O11/c1-36(87-53(102)42(17-5-8-26-78-56(64)65)89-47(96)34-85-45(94)23-3-2-7-25-77-50(99)39-18-10-27-76-39)49(98)91-41(20-12-30-81-59(70)71)51(100)86-35-46(95)88-37(15-9-28-79-57(66)67)33-84-40(19-11-29-80-58(68)69)52(101)92-44(22-14-32-83-61(74)75)55(104)93-43(21-13-31-82-60(72)73)54(103)90-38(48(63)97)16-4-6-24-62/h36-44,76,84H,2-35,62H2,1H3,(H2,63,97)(H,77,99)(H,85,94)(H,86,100)(H,87,102)(H,88,95)(H,89,96)(H,90,103)(H,91,98)(H,92,101)(H,93,104)(H4,64,65,78)(H4,66,67,79)(H4,68,69,80)(H4,70,71,81)(H4,72,73,82)(H4,74,75,83). The molecule has 104 heavy (non-hydrogen) atoms. The molecule has 0 aromatic rings. The largest absolute Gasteiger partial charge is 0.370 e. The SMILES string of the molecule is CC(NC(=O)C(CCCCN=C(N)N)NC(=O)CNC(=O)CCCCCNC(=O)C1CCCN1)C(=O)NC(CCCN=C(N)N)C(=O)NCC(=O)NC(CCCN=C(N)N)CNC(CCCN=C(N)N)C(=O)NC(CCCN=C(N)N)C(=O)NC(CCCN=C(N)N)C(=O)NC(CCCCN)C(N)=O. The van der Waals surface area contributed by atoms with E-state index in [0.717, 1.165) is 19.4 Å². The van der Waals surface area contributed by atoms with Crippen LogP contribution in [0.2, 0.25) is 0 Å². The van der Waals surface area contributed by atoms with Gasteiger partial charge in [0.15, 0.2) is 35.8 Å². The molecule has 43 heteroatoms. The van der Waals surface area contributed by atoms with E-state index in [4.69, 9.17) is 80.3 Å². The van der Waals surface area contributed by atoms with Crippen molar-refractivity contribution in [3.63, 3.8) is 0 Å². The van der Waals surface area contributed by atoms with Crippen LogP contribution in [0.25, 0.3) is 0 Å². The smallest absolute Gasteiger partial charge is 0.243 e. The highest BCUT2D eigenvalue weighted by molar-refractivity contribution is 5.97. The lowest BCUT2D eigenvalue weighted by atomic mass is 10.0. The number of rotatable bonds is 57. The second kappa shape index (κ2) is 54.4. The average Bonchev–Trinajstić information content (AvgIpc) is 1.16. The Morgan fingerprint density at radius 1 is 0.385 bits per heavy atom. The molecule has 0 aromatic carbocycles. The van der Waals surface area contributed by atoms with Crippen molar-refractivity contribution in [1.29, 1.82) is 0 Å². The van der Waals surface area contributed by atoms with Crippen LogP contribution in [-0.2, 0) is 52.7 Å². The van der Waals surface area contributed by atoms with Gasteiger partial charge in [-0.2, -0.15) is 0 Å². The van der Waals surface area contributed by atoms with E-state index in [1.54, 1.807) is 0 Å². The predicted molar refractivity (Wildman–Crippen MR) is 396 cm³/mol. The van der Waals surface area contributed by atoms with Crippen molar-refractivity contribution in [2.75, 3.05) is 78.5 Å². The van der Waals surface area contributed by atoms with E-state index < -0.39 is 120 Å². The fourth-order valence-electron chi connectivity index (χ4n) is 10.3. The third-order valence-corrected chi connectivity index (χ3v) is 15.8. The number of unbranched alkanes of at least 4 members (excludes halogenated alkanes) is 4. The van der Waals surface area contributed by atoms with E-state index >= 15 is 0 Å². The minimum absolute atomic E-state index is 0.0272. The third-order valence-electron chi connectivity index (χ3n) is 15.8. The first-order valence-electron chi connectivity index (χ1n) is 35.1. The Morgan fingerprint density at radius 3 is 1.28 bits per heavy atom. The van der Waals surface area contributed by atoms with E-state index in [0.29, 0.717) is 64.5 Å². The molecule has 1 aliphatic heterocycles. The summed E-state index contributed by atoms with van der Waals surface area (Å²) < 4.78 is 0. The molecular formula is C61H120N32O11. The van der Waals surface area contributed by atoms with Crippen molar-refractivity contribution < 1.29 is 52.7 Å². The molecule has 11 amide bonds. The van der Waals surface area contributed by atoms with Gasteiger partial charge in [0.1, 0.15) is 36.3 Å². The van der Waals surface area contributed by atoms with Gasteiger partial charge >= 0.3 is 0 Å². The van der Waals surface area contributed by atoms with Gasteiger partial charge in [0.2, 0.25) is 65.0 Å². The summed E-state index contributed by atoms with van der Waals surface area (Å²) in [6.07, 6.45) is 6.71. The lowest BCUT2D eigenvalue weighted by Crippen LogP contribution is -2.58. The van der Waals surface area contributed by atoms with Crippen LogP contribution in [-0.4, -0.2) is 234 Å². The Balaban J connectivity index is 3.43. The minimum Gasteiger partial charge on any atom is -0.370 e. The highest BCUT2D eigenvalue weighted by Crippen LogP contribution is 2.11. The van der Waals surface area contributed by atoms with Crippen molar-refractivity contribution >= 4 is 101 Å². The van der Waals surface area contributed by atoms with Crippen molar-refractivity contribution in [2.24, 2.45) is 110 Å². The molecule has 40 N–H and O–H groups in total. The fourth-order valence-corrected chi connectivity index (χ4v) is 10.3. The van der Waals surface area contributed by atoms with Crippen LogP contribution in [0.15, 0.2) is 30.0 Å². The van der Waals surface area contributed by atoms with Crippen LogP contribution < -0.4 is 144 Å². The Hall–Kier alpha value is -10.3. The van der Waals surface area contributed by atoms with E-state index in [1.165, 1.54) is 6.92 Å². The van der Waals surface area contributed by atoms with Gasteiger partial charge in [-0.1, -0.05) is 6.42 Å². The molecule has 1 saturated heterocycles. The number of hydrogen-bond acceptors (Lipinski definition) is 20. The summed E-state index contributed by atoms with van der Waals surface area (Å²) in [4.78, 5) is 173. The van der Waals surface area contributed by atoms with Gasteiger partial charge in [-0.05, 0) is 148 Å². The maximum Gasteiger partial charge on any atom is 0.243 e. The number of hydrogen-bond donors (Lipinski definition) is 26. The molecule has 43 nitrogen and oxygen atoms in total. The molecule has 0 spiro atoms. The second-order valence-corrected chi connectivity index (χ2v) is 24.8. The van der Waals surface area contributed by atoms with Gasteiger partial charge in [0.25, 0.3) is 0 Å². The maximum absolute atomic E-state index is 14.6. The van der Waals surface area contributed by atoms with E-state index in [1.807, 2.05) is 0 Å². The average molecular weight is 1480 g/mol. The molecule has 0 aromatic heterocycles. The van der Waals surface area contributed by atoms with E-state index in [9.17, 15) is 52.7 Å². The summed E-state index contributed by atoms with van der Waals surface area (Å²) in [6.45, 7) is 2.27. The van der Waals surface area contributed by atoms with Gasteiger partial charge < -0.3 is 144 Å². The first-order valence-corrected chi connectivity index (χ1v) is 35.1. The maximum atomic E-state index is 14.6. The Bertz CT molecular complexity index is 2850. The van der Waals surface area contributed by atoms with Crippen LogP contribution in [0.4, 0.5) is 0 Å². The zero-order valence-corrected chi connectivity index (χ0v) is 60.0. The zero-order valence-electron chi connectivity index (χ0n) is 60.0. The summed E-state index contributed by atoms with van der Waals surface area (Å²) in [6, 6.07) is -9.73. The molecule has 0 radical (unpaired) electrons. The molecule has 1 rings (SSSR count). The Kier molecular flexibility index (Phi) is 47.9. The van der Waals surface area contributed by atoms with Gasteiger partial charge in [-0.3, -0.25) is 82.7 Å². The van der Waals surface area contributed by atoms with Crippen LogP contribution in [0.1, 0.15) is 148 Å². The molecule has 9 unspecified atom stereocenters. The normalized spacial score (nSPS) is 14.5. The number of nitrogens with zero attached hydrogens (tertiary/aromatic N) is 6. The number of primary amides is 1. The van der Waals surface area contributed by atoms with Crippen LogP contribution >= 0.6 is 0 Å². The summed E-state index contributed by atoms with van der Waals surface area (Å²) in [5, 5.41) is 33.0. The minimum atomic E-state index is -1.34. The van der Waals surface area contributed by atoms with Crippen molar-refractivity contribution in [3.8, 4) is 0 Å². The molecule has 590 valence electrons. The molecule has 1 heterocycles. The Morgan fingerprint density at radius 2 is 0.788 bits per heavy atom. The molecule has 0 saturated carbocycles. The second-order valence-electron chi connectivity index (χ2n) is 24.8. The van der Waals surface area contributed by atoms with E-state index in [-0.39, 0.29) is 171 Å². The summed E-state index contributed by atoms with van der Waals surface area (Å²) >= 11 is 0. The monoisotopic (exact) mass is 1480 g/mol. The van der Waals surface area contributed by atoms with Crippen LogP contribution in [0.5, 0.6) is 0 Å². The van der Waals surface area contributed by atoms with Crippen molar-refractivity contribution in [3.05, 3.63) is 0 Å². The number of aliphatic imine (C=N–C) groups is 6. The predicted octanol–water partition coefficient (Wildman–Crippen LogP) is -10.7. The number of carbonyl (C=O) groups excluding carboxylic acids is 11. The number of carbonyl (C=O) groups is 11. The summed E-state index contributed by atoms with van der Waals surface area (Å²) in [7, 11) is 0. The number of nitrogens with one attached hydrogen (secondary N) is 12. The lowest BCUT2D eigenvalue weighted by Gasteiger charge is -2.27. The molecule has 0 bridgehead atoms. The molecule has 9 atom stereocenters.